The summed E-state index contributed by atoms with van der Waals surface area (Å²) in [6.45, 7) is 5.14. The number of hydrogen-bond acceptors (Lipinski definition) is 4. The Hall–Kier alpha value is -2.73. The largest absolute Gasteiger partial charge is 0.492 e. The predicted octanol–water partition coefficient (Wildman–Crippen LogP) is 3.13. The second kappa shape index (κ2) is 9.18. The number of nitrogens with one attached hydrogen (secondary N) is 2. The fraction of sp³-hybridized carbons (Fsp3) is 0.435. The van der Waals surface area contributed by atoms with E-state index in [0.29, 0.717) is 13.2 Å². The summed E-state index contributed by atoms with van der Waals surface area (Å²) in [6.07, 6.45) is 3.55. The second-order valence-corrected chi connectivity index (χ2v) is 7.85. The summed E-state index contributed by atoms with van der Waals surface area (Å²) in [6, 6.07) is 14.1. The Morgan fingerprint density at radius 1 is 1.00 bits per heavy atom. The number of benzene rings is 2. The van der Waals surface area contributed by atoms with Crippen molar-refractivity contribution in [3.8, 4) is 5.75 Å². The number of aryl methyl sites for hydroxylation is 2. The van der Waals surface area contributed by atoms with Gasteiger partial charge in [-0.25, -0.2) is 4.79 Å². The van der Waals surface area contributed by atoms with Gasteiger partial charge in [-0.2, -0.15) is 0 Å². The molecular weight excluding hydrogens is 364 g/mol. The van der Waals surface area contributed by atoms with Gasteiger partial charge in [-0.3, -0.25) is 0 Å². The molecule has 0 saturated carbocycles. The molecule has 0 atom stereocenters. The third-order valence-corrected chi connectivity index (χ3v) is 5.72. The van der Waals surface area contributed by atoms with Crippen LogP contribution in [0, 0.1) is 0 Å². The molecule has 2 N–H and O–H groups in total. The van der Waals surface area contributed by atoms with Crippen LogP contribution in [0.1, 0.15) is 17.5 Å². The Morgan fingerprint density at radius 3 is 2.55 bits per heavy atom. The lowest BCUT2D eigenvalue weighted by Gasteiger charge is -2.34. The van der Waals surface area contributed by atoms with E-state index in [4.69, 9.17) is 4.74 Å². The highest BCUT2D eigenvalue weighted by molar-refractivity contribution is 5.89. The smallest absolute Gasteiger partial charge is 0.319 e. The Labute approximate surface area is 172 Å². The lowest BCUT2D eigenvalue weighted by molar-refractivity contribution is 0.247. The van der Waals surface area contributed by atoms with Crippen molar-refractivity contribution in [1.82, 2.24) is 10.2 Å². The van der Waals surface area contributed by atoms with E-state index in [9.17, 15) is 4.79 Å². The van der Waals surface area contributed by atoms with Gasteiger partial charge < -0.3 is 25.2 Å². The van der Waals surface area contributed by atoms with E-state index in [0.717, 1.165) is 44.0 Å². The third-order valence-electron chi connectivity index (χ3n) is 5.72. The number of piperazine rings is 1. The molecule has 2 aromatic carbocycles. The van der Waals surface area contributed by atoms with Gasteiger partial charge in [0.05, 0.1) is 6.54 Å². The molecule has 1 fully saturated rings. The van der Waals surface area contributed by atoms with Crippen LogP contribution in [-0.2, 0) is 12.8 Å². The van der Waals surface area contributed by atoms with Crippen LogP contribution in [-0.4, -0.2) is 57.3 Å². The molecule has 0 spiro atoms. The number of likely N-dealkylation sites (N-methyl/N-ethyl adjacent to an activating group) is 1. The standard InChI is InChI=1S/C23H30N4O2/c1-26-12-14-27(15-13-26)21-8-6-20(7-9-21)25-23(28)24-11-16-29-22-10-5-18-3-2-4-19(18)17-22/h5-10,17H,2-4,11-16H2,1H3,(H2,24,25,28). The number of fused-ring (bicyclic) bond motifs is 1. The molecule has 1 saturated heterocycles. The van der Waals surface area contributed by atoms with Crippen molar-refractivity contribution in [2.24, 2.45) is 0 Å². The van der Waals surface area contributed by atoms with Crippen LogP contribution < -0.4 is 20.3 Å². The van der Waals surface area contributed by atoms with Gasteiger partial charge >= 0.3 is 6.03 Å². The molecule has 1 aliphatic carbocycles. The lowest BCUT2D eigenvalue weighted by atomic mass is 10.1. The van der Waals surface area contributed by atoms with E-state index >= 15 is 0 Å². The zero-order chi connectivity index (χ0) is 20.1. The molecule has 1 aliphatic heterocycles. The van der Waals surface area contributed by atoms with E-state index in [-0.39, 0.29) is 6.03 Å². The quantitative estimate of drug-likeness (QED) is 0.739. The number of rotatable bonds is 6. The van der Waals surface area contributed by atoms with Crippen LogP contribution in [0.3, 0.4) is 0 Å². The molecule has 2 aromatic rings. The minimum absolute atomic E-state index is 0.213. The molecule has 4 rings (SSSR count). The van der Waals surface area contributed by atoms with Gasteiger partial charge in [0.2, 0.25) is 0 Å². The Bertz CT molecular complexity index is 829. The summed E-state index contributed by atoms with van der Waals surface area (Å²) >= 11 is 0. The molecule has 6 heteroatoms. The van der Waals surface area contributed by atoms with Crippen LogP contribution in [0.25, 0.3) is 0 Å². The molecule has 0 unspecified atom stereocenters. The molecule has 0 aromatic heterocycles. The monoisotopic (exact) mass is 394 g/mol. The number of carbonyl (C=O) groups is 1. The topological polar surface area (TPSA) is 56.8 Å². The number of ether oxygens (including phenoxy) is 1. The summed E-state index contributed by atoms with van der Waals surface area (Å²) in [5.74, 6) is 0.882. The highest BCUT2D eigenvalue weighted by Gasteiger charge is 2.14. The van der Waals surface area contributed by atoms with Crippen molar-refractivity contribution in [3.05, 3.63) is 53.6 Å². The molecule has 6 nitrogen and oxygen atoms in total. The van der Waals surface area contributed by atoms with Gasteiger partial charge in [-0.15, -0.1) is 0 Å². The molecule has 2 amide bonds. The SMILES string of the molecule is CN1CCN(c2ccc(NC(=O)NCCOc3ccc4c(c3)CCC4)cc2)CC1. The van der Waals surface area contributed by atoms with Gasteiger partial charge in [0.15, 0.2) is 0 Å². The van der Waals surface area contributed by atoms with Gasteiger partial charge in [0.1, 0.15) is 12.4 Å². The summed E-state index contributed by atoms with van der Waals surface area (Å²) < 4.78 is 5.77. The van der Waals surface area contributed by atoms with E-state index in [1.807, 2.05) is 18.2 Å². The first-order valence-electron chi connectivity index (χ1n) is 10.5. The normalized spacial score (nSPS) is 16.4. The highest BCUT2D eigenvalue weighted by Crippen LogP contribution is 2.26. The summed E-state index contributed by atoms with van der Waals surface area (Å²) in [5.41, 5.74) is 4.83. The Morgan fingerprint density at radius 2 is 1.76 bits per heavy atom. The molecule has 0 radical (unpaired) electrons. The van der Waals surface area contributed by atoms with E-state index in [1.54, 1.807) is 0 Å². The first-order valence-corrected chi connectivity index (χ1v) is 10.5. The summed E-state index contributed by atoms with van der Waals surface area (Å²) in [4.78, 5) is 16.8. The fourth-order valence-corrected chi connectivity index (χ4v) is 3.97. The Balaban J connectivity index is 1.18. The van der Waals surface area contributed by atoms with Gasteiger partial charge in [-0.1, -0.05) is 6.07 Å². The number of hydrogen-bond donors (Lipinski definition) is 2. The van der Waals surface area contributed by atoms with E-state index < -0.39 is 0 Å². The molecule has 0 bridgehead atoms. The summed E-state index contributed by atoms with van der Waals surface area (Å²) in [5, 5.41) is 5.72. The van der Waals surface area contributed by atoms with Crippen molar-refractivity contribution in [1.29, 1.82) is 0 Å². The second-order valence-electron chi connectivity index (χ2n) is 7.85. The van der Waals surface area contributed by atoms with Crippen LogP contribution in [0.15, 0.2) is 42.5 Å². The first kappa shape index (κ1) is 19.6. The number of carbonyl (C=O) groups excluding carboxylic acids is 1. The van der Waals surface area contributed by atoms with Crippen molar-refractivity contribution < 1.29 is 9.53 Å². The number of nitrogens with zero attached hydrogens (tertiary/aromatic N) is 2. The molecule has 1 heterocycles. The number of amides is 2. The van der Waals surface area contributed by atoms with Crippen molar-refractivity contribution in [3.63, 3.8) is 0 Å². The van der Waals surface area contributed by atoms with Gasteiger partial charge in [0, 0.05) is 37.6 Å². The molecule has 2 aliphatic rings. The zero-order valence-electron chi connectivity index (χ0n) is 17.1. The molecule has 154 valence electrons. The highest BCUT2D eigenvalue weighted by atomic mass is 16.5. The molecular formula is C23H30N4O2. The predicted molar refractivity (Wildman–Crippen MR) is 117 cm³/mol. The van der Waals surface area contributed by atoms with Crippen LogP contribution in [0.5, 0.6) is 5.75 Å². The first-order chi connectivity index (χ1) is 14.2. The van der Waals surface area contributed by atoms with Crippen molar-refractivity contribution >= 4 is 17.4 Å². The van der Waals surface area contributed by atoms with Crippen LogP contribution in [0.2, 0.25) is 0 Å². The molecule has 29 heavy (non-hydrogen) atoms. The van der Waals surface area contributed by atoms with Gasteiger partial charge in [0.25, 0.3) is 0 Å². The number of anilines is 2. The maximum Gasteiger partial charge on any atom is 0.319 e. The maximum absolute atomic E-state index is 12.1. The van der Waals surface area contributed by atoms with Gasteiger partial charge in [-0.05, 0) is 73.8 Å². The van der Waals surface area contributed by atoms with Crippen molar-refractivity contribution in [2.45, 2.75) is 19.3 Å². The lowest BCUT2D eigenvalue weighted by Crippen LogP contribution is -2.44. The van der Waals surface area contributed by atoms with E-state index in [2.05, 4.69) is 51.7 Å². The average molecular weight is 395 g/mol. The van der Waals surface area contributed by atoms with E-state index in [1.165, 1.54) is 29.7 Å². The minimum atomic E-state index is -0.213. The third kappa shape index (κ3) is 5.21. The number of urea groups is 1. The van der Waals surface area contributed by atoms with Crippen LogP contribution in [0.4, 0.5) is 16.2 Å². The minimum Gasteiger partial charge on any atom is -0.492 e. The van der Waals surface area contributed by atoms with Crippen molar-refractivity contribution in [2.75, 3.05) is 56.6 Å². The van der Waals surface area contributed by atoms with Crippen LogP contribution >= 0.6 is 0 Å². The maximum atomic E-state index is 12.1. The Kier molecular flexibility index (Phi) is 6.20. The summed E-state index contributed by atoms with van der Waals surface area (Å²) in [7, 11) is 2.15. The fourth-order valence-electron chi connectivity index (χ4n) is 3.97. The average Bonchev–Trinajstić information content (AvgIpc) is 3.20. The zero-order valence-corrected chi connectivity index (χ0v) is 17.1.